The lowest BCUT2D eigenvalue weighted by Gasteiger charge is -2.03. The zero-order chi connectivity index (χ0) is 11.8. The molecule has 0 spiro atoms. The number of pyridine rings is 2. The van der Waals surface area contributed by atoms with Crippen LogP contribution in [0.3, 0.4) is 0 Å². The average molecular weight is 245 g/mol. The van der Waals surface area contributed by atoms with Crippen molar-refractivity contribution >= 4 is 33.5 Å². The summed E-state index contributed by atoms with van der Waals surface area (Å²) in [5.74, 6) is 0.590. The highest BCUT2D eigenvalue weighted by molar-refractivity contribution is 6.31. The molecule has 0 N–H and O–H groups in total. The van der Waals surface area contributed by atoms with Crippen molar-refractivity contribution in [2.45, 2.75) is 0 Å². The molecule has 4 heteroatoms. The lowest BCUT2D eigenvalue weighted by atomic mass is 10.2. The van der Waals surface area contributed by atoms with E-state index in [2.05, 4.69) is 9.97 Å². The summed E-state index contributed by atoms with van der Waals surface area (Å²) in [7, 11) is 1.60. The second-order valence-electron chi connectivity index (χ2n) is 3.72. The van der Waals surface area contributed by atoms with E-state index in [1.165, 1.54) is 0 Å². The standard InChI is InChI=1S/C13H9ClN2O/c1-17-13-5-4-10-12(16-13)6-8-2-3-9(14)7-11(8)15-10/h2-7H,1H3. The smallest absolute Gasteiger partial charge is 0.213 e. The summed E-state index contributed by atoms with van der Waals surface area (Å²) < 4.78 is 5.09. The van der Waals surface area contributed by atoms with Gasteiger partial charge < -0.3 is 4.74 Å². The Balaban J connectivity index is 2.35. The molecule has 3 nitrogen and oxygen atoms in total. The minimum atomic E-state index is 0.590. The van der Waals surface area contributed by atoms with Crippen LogP contribution < -0.4 is 4.74 Å². The molecule has 0 saturated heterocycles. The highest BCUT2D eigenvalue weighted by atomic mass is 35.5. The van der Waals surface area contributed by atoms with E-state index >= 15 is 0 Å². The summed E-state index contributed by atoms with van der Waals surface area (Å²) in [4.78, 5) is 8.86. The Morgan fingerprint density at radius 1 is 0.941 bits per heavy atom. The van der Waals surface area contributed by atoms with Crippen LogP contribution in [0.15, 0.2) is 36.4 Å². The van der Waals surface area contributed by atoms with Gasteiger partial charge in [-0.2, -0.15) is 0 Å². The van der Waals surface area contributed by atoms with E-state index in [1.807, 2.05) is 30.3 Å². The van der Waals surface area contributed by atoms with Crippen LogP contribution in [0.4, 0.5) is 0 Å². The van der Waals surface area contributed by atoms with Crippen LogP contribution in [0.5, 0.6) is 5.88 Å². The van der Waals surface area contributed by atoms with E-state index in [4.69, 9.17) is 16.3 Å². The van der Waals surface area contributed by atoms with E-state index in [0.717, 1.165) is 21.9 Å². The van der Waals surface area contributed by atoms with Crippen molar-refractivity contribution in [2.24, 2.45) is 0 Å². The van der Waals surface area contributed by atoms with Gasteiger partial charge in [-0.05, 0) is 24.3 Å². The Morgan fingerprint density at radius 2 is 1.82 bits per heavy atom. The summed E-state index contributed by atoms with van der Waals surface area (Å²) in [6.07, 6.45) is 0. The molecule has 2 aromatic heterocycles. The SMILES string of the molecule is COc1ccc2nc3cc(Cl)ccc3cc2n1. The van der Waals surface area contributed by atoms with Crippen molar-refractivity contribution in [3.05, 3.63) is 41.4 Å². The number of methoxy groups -OCH3 is 1. The first-order chi connectivity index (χ1) is 8.26. The van der Waals surface area contributed by atoms with Crippen LogP contribution in [0, 0.1) is 0 Å². The summed E-state index contributed by atoms with van der Waals surface area (Å²) >= 11 is 5.94. The van der Waals surface area contributed by atoms with Gasteiger partial charge in [-0.25, -0.2) is 9.97 Å². The summed E-state index contributed by atoms with van der Waals surface area (Å²) in [6, 6.07) is 11.3. The molecular formula is C13H9ClN2O. The number of benzene rings is 1. The van der Waals surface area contributed by atoms with Gasteiger partial charge in [0.25, 0.3) is 0 Å². The van der Waals surface area contributed by atoms with Gasteiger partial charge in [-0.3, -0.25) is 0 Å². The zero-order valence-electron chi connectivity index (χ0n) is 9.14. The maximum Gasteiger partial charge on any atom is 0.213 e. The molecule has 84 valence electrons. The Hall–Kier alpha value is -1.87. The minimum absolute atomic E-state index is 0.590. The van der Waals surface area contributed by atoms with Gasteiger partial charge in [-0.1, -0.05) is 17.7 Å². The van der Waals surface area contributed by atoms with E-state index < -0.39 is 0 Å². The number of ether oxygens (including phenoxy) is 1. The normalized spacial score (nSPS) is 10.9. The third-order valence-corrected chi connectivity index (χ3v) is 2.85. The number of fused-ring (bicyclic) bond motifs is 2. The molecule has 0 atom stereocenters. The first-order valence-corrected chi connectivity index (χ1v) is 5.55. The highest BCUT2D eigenvalue weighted by Gasteiger charge is 2.03. The fourth-order valence-corrected chi connectivity index (χ4v) is 1.94. The fourth-order valence-electron chi connectivity index (χ4n) is 1.78. The number of aromatic nitrogens is 2. The molecule has 0 aliphatic carbocycles. The van der Waals surface area contributed by atoms with Crippen molar-refractivity contribution in [3.8, 4) is 5.88 Å². The van der Waals surface area contributed by atoms with Crippen molar-refractivity contribution in [2.75, 3.05) is 7.11 Å². The minimum Gasteiger partial charge on any atom is -0.481 e. The quantitative estimate of drug-likeness (QED) is 0.615. The van der Waals surface area contributed by atoms with Gasteiger partial charge in [0.2, 0.25) is 5.88 Å². The zero-order valence-corrected chi connectivity index (χ0v) is 9.90. The van der Waals surface area contributed by atoms with Crippen LogP contribution in [0.25, 0.3) is 21.9 Å². The molecule has 0 bridgehead atoms. The molecule has 0 unspecified atom stereocenters. The van der Waals surface area contributed by atoms with Gasteiger partial charge in [-0.15, -0.1) is 0 Å². The lowest BCUT2D eigenvalue weighted by Crippen LogP contribution is -1.90. The molecule has 0 aliphatic rings. The number of rotatable bonds is 1. The predicted octanol–water partition coefficient (Wildman–Crippen LogP) is 3.45. The Kier molecular flexibility index (Phi) is 2.34. The third kappa shape index (κ3) is 1.78. The van der Waals surface area contributed by atoms with Crippen LogP contribution in [-0.2, 0) is 0 Å². The van der Waals surface area contributed by atoms with Gasteiger partial charge in [0.05, 0.1) is 23.7 Å². The number of halogens is 1. The van der Waals surface area contributed by atoms with Gasteiger partial charge >= 0.3 is 0 Å². The third-order valence-electron chi connectivity index (χ3n) is 2.61. The average Bonchev–Trinajstić information content (AvgIpc) is 2.35. The molecule has 2 heterocycles. The number of nitrogens with zero attached hydrogens (tertiary/aromatic N) is 2. The van der Waals surface area contributed by atoms with Gasteiger partial charge in [0.1, 0.15) is 0 Å². The molecule has 0 amide bonds. The molecule has 3 rings (SSSR count). The Bertz CT molecular complexity index is 712. The summed E-state index contributed by atoms with van der Waals surface area (Å²) in [5.41, 5.74) is 2.52. The highest BCUT2D eigenvalue weighted by Crippen LogP contribution is 2.22. The first kappa shape index (κ1) is 10.3. The number of hydrogen-bond acceptors (Lipinski definition) is 3. The largest absolute Gasteiger partial charge is 0.481 e. The lowest BCUT2D eigenvalue weighted by molar-refractivity contribution is 0.399. The molecule has 0 radical (unpaired) electrons. The van der Waals surface area contributed by atoms with E-state index in [1.54, 1.807) is 13.2 Å². The van der Waals surface area contributed by atoms with E-state index in [9.17, 15) is 0 Å². The Morgan fingerprint density at radius 3 is 2.65 bits per heavy atom. The monoisotopic (exact) mass is 244 g/mol. The van der Waals surface area contributed by atoms with Crippen LogP contribution >= 0.6 is 11.6 Å². The molecule has 3 aromatic rings. The molecule has 0 aliphatic heterocycles. The van der Waals surface area contributed by atoms with E-state index in [-0.39, 0.29) is 0 Å². The maximum atomic E-state index is 5.94. The van der Waals surface area contributed by atoms with Crippen molar-refractivity contribution in [1.82, 2.24) is 9.97 Å². The molecule has 1 aromatic carbocycles. The van der Waals surface area contributed by atoms with Crippen molar-refractivity contribution in [1.29, 1.82) is 0 Å². The Labute approximate surface area is 103 Å². The van der Waals surface area contributed by atoms with E-state index in [0.29, 0.717) is 10.9 Å². The van der Waals surface area contributed by atoms with Crippen molar-refractivity contribution in [3.63, 3.8) is 0 Å². The van der Waals surface area contributed by atoms with Crippen LogP contribution in [0.1, 0.15) is 0 Å². The molecule has 0 saturated carbocycles. The summed E-state index contributed by atoms with van der Waals surface area (Å²) in [5, 5.41) is 1.70. The van der Waals surface area contributed by atoms with Gasteiger partial charge in [0.15, 0.2) is 0 Å². The molecular weight excluding hydrogens is 236 g/mol. The topological polar surface area (TPSA) is 35.0 Å². The fraction of sp³-hybridized carbons (Fsp3) is 0.0769. The summed E-state index contributed by atoms with van der Waals surface area (Å²) in [6.45, 7) is 0. The molecule has 17 heavy (non-hydrogen) atoms. The first-order valence-electron chi connectivity index (χ1n) is 5.17. The van der Waals surface area contributed by atoms with Crippen LogP contribution in [0.2, 0.25) is 5.02 Å². The van der Waals surface area contributed by atoms with Crippen molar-refractivity contribution < 1.29 is 4.74 Å². The van der Waals surface area contributed by atoms with Crippen LogP contribution in [-0.4, -0.2) is 17.1 Å². The van der Waals surface area contributed by atoms with Gasteiger partial charge in [0, 0.05) is 16.5 Å². The number of hydrogen-bond donors (Lipinski definition) is 0. The molecule has 0 fully saturated rings. The maximum absolute atomic E-state index is 5.94. The second-order valence-corrected chi connectivity index (χ2v) is 4.15. The predicted molar refractivity (Wildman–Crippen MR) is 68.6 cm³/mol. The second kappa shape index (κ2) is 3.86.